The first kappa shape index (κ1) is 16.3. The third-order valence-corrected chi connectivity index (χ3v) is 4.22. The highest BCUT2D eigenvalue weighted by Gasteiger charge is 2.48. The van der Waals surface area contributed by atoms with Crippen LogP contribution in [0.25, 0.3) is 0 Å². The normalized spacial score (nSPS) is 25.0. The van der Waals surface area contributed by atoms with Crippen LogP contribution < -0.4 is 11.3 Å². The minimum atomic E-state index is -0.567. The second kappa shape index (κ2) is 5.63. The molecule has 2 atom stereocenters. The molecular formula is C16H24F2N2O. The highest BCUT2D eigenvalue weighted by Crippen LogP contribution is 2.44. The minimum Gasteiger partial charge on any atom is -0.369 e. The molecule has 5 heteroatoms. The molecule has 118 valence electrons. The average Bonchev–Trinajstić information content (AvgIpc) is 2.53. The Kier molecular flexibility index (Phi) is 4.38. The maximum atomic E-state index is 13.3. The summed E-state index contributed by atoms with van der Waals surface area (Å²) in [5.74, 6) is 4.72. The summed E-state index contributed by atoms with van der Waals surface area (Å²) in [5, 5.41) is 0. The summed E-state index contributed by atoms with van der Waals surface area (Å²) in [6, 6.07) is 3.46. The molecule has 0 saturated carbocycles. The molecule has 21 heavy (non-hydrogen) atoms. The van der Waals surface area contributed by atoms with Gasteiger partial charge in [-0.3, -0.25) is 11.3 Å². The Labute approximate surface area is 124 Å². The lowest BCUT2D eigenvalue weighted by atomic mass is 9.79. The largest absolute Gasteiger partial charge is 0.369 e. The highest BCUT2D eigenvalue weighted by atomic mass is 19.1. The SMILES string of the molecule is CC1(C)CC(C(Cc2cc(F)cc(F)c2)NN)C(C)(C)O1. The molecule has 1 aromatic carbocycles. The van der Waals surface area contributed by atoms with Crippen molar-refractivity contribution < 1.29 is 13.5 Å². The van der Waals surface area contributed by atoms with Crippen molar-refractivity contribution in [1.82, 2.24) is 5.43 Å². The smallest absolute Gasteiger partial charge is 0.126 e. The van der Waals surface area contributed by atoms with Gasteiger partial charge < -0.3 is 4.74 Å². The van der Waals surface area contributed by atoms with E-state index in [0.717, 1.165) is 12.5 Å². The van der Waals surface area contributed by atoms with Crippen LogP contribution in [0.1, 0.15) is 39.7 Å². The van der Waals surface area contributed by atoms with Crippen LogP contribution >= 0.6 is 0 Å². The van der Waals surface area contributed by atoms with Crippen molar-refractivity contribution >= 4 is 0 Å². The molecule has 0 spiro atoms. The molecule has 1 aromatic rings. The van der Waals surface area contributed by atoms with E-state index in [9.17, 15) is 8.78 Å². The van der Waals surface area contributed by atoms with Gasteiger partial charge in [0.2, 0.25) is 0 Å². The molecule has 2 rings (SSSR count). The van der Waals surface area contributed by atoms with Gasteiger partial charge in [-0.05, 0) is 58.2 Å². The number of halogens is 2. The maximum absolute atomic E-state index is 13.3. The topological polar surface area (TPSA) is 47.3 Å². The van der Waals surface area contributed by atoms with Crippen molar-refractivity contribution in [1.29, 1.82) is 0 Å². The van der Waals surface area contributed by atoms with Gasteiger partial charge in [-0.15, -0.1) is 0 Å². The van der Waals surface area contributed by atoms with E-state index >= 15 is 0 Å². The zero-order valence-corrected chi connectivity index (χ0v) is 13.0. The second-order valence-electron chi connectivity index (χ2n) is 7.03. The summed E-state index contributed by atoms with van der Waals surface area (Å²) in [6.07, 6.45) is 1.30. The van der Waals surface area contributed by atoms with Gasteiger partial charge in [-0.2, -0.15) is 0 Å². The predicted molar refractivity (Wildman–Crippen MR) is 78.5 cm³/mol. The lowest BCUT2D eigenvalue weighted by Gasteiger charge is -2.32. The van der Waals surface area contributed by atoms with E-state index in [4.69, 9.17) is 10.6 Å². The van der Waals surface area contributed by atoms with E-state index in [1.54, 1.807) is 0 Å². The van der Waals surface area contributed by atoms with Crippen molar-refractivity contribution in [3.63, 3.8) is 0 Å². The maximum Gasteiger partial charge on any atom is 0.126 e. The van der Waals surface area contributed by atoms with E-state index in [0.29, 0.717) is 12.0 Å². The van der Waals surface area contributed by atoms with Crippen LogP contribution in [0, 0.1) is 17.6 Å². The van der Waals surface area contributed by atoms with Crippen LogP contribution in [-0.4, -0.2) is 17.2 Å². The van der Waals surface area contributed by atoms with Gasteiger partial charge in [-0.25, -0.2) is 8.78 Å². The number of benzene rings is 1. The summed E-state index contributed by atoms with van der Waals surface area (Å²) in [5.41, 5.74) is 2.83. The van der Waals surface area contributed by atoms with Gasteiger partial charge in [0.15, 0.2) is 0 Å². The monoisotopic (exact) mass is 298 g/mol. The van der Waals surface area contributed by atoms with Crippen molar-refractivity contribution in [2.24, 2.45) is 11.8 Å². The minimum absolute atomic E-state index is 0.108. The van der Waals surface area contributed by atoms with Crippen LogP contribution in [0.3, 0.4) is 0 Å². The number of ether oxygens (including phenoxy) is 1. The highest BCUT2D eigenvalue weighted by molar-refractivity contribution is 5.19. The number of hydrazine groups is 1. The molecule has 0 amide bonds. The molecule has 1 saturated heterocycles. The Morgan fingerprint density at radius 1 is 1.24 bits per heavy atom. The van der Waals surface area contributed by atoms with Crippen LogP contribution in [0.2, 0.25) is 0 Å². The first-order valence-electron chi connectivity index (χ1n) is 7.24. The van der Waals surface area contributed by atoms with Crippen LogP contribution in [0.5, 0.6) is 0 Å². The van der Waals surface area contributed by atoms with E-state index in [-0.39, 0.29) is 23.2 Å². The van der Waals surface area contributed by atoms with Crippen LogP contribution in [0.15, 0.2) is 18.2 Å². The standard InChI is InChI=1S/C16H24F2N2O/c1-15(2)9-13(16(3,4)21-15)14(20-19)7-10-5-11(17)8-12(18)6-10/h5-6,8,13-14,20H,7,9,19H2,1-4H3. The average molecular weight is 298 g/mol. The second-order valence-corrected chi connectivity index (χ2v) is 7.03. The van der Waals surface area contributed by atoms with Gasteiger partial charge in [0, 0.05) is 18.0 Å². The van der Waals surface area contributed by atoms with Crippen LogP contribution in [-0.2, 0) is 11.2 Å². The summed E-state index contributed by atoms with van der Waals surface area (Å²) < 4.78 is 32.7. The molecule has 0 radical (unpaired) electrons. The first-order valence-corrected chi connectivity index (χ1v) is 7.24. The lowest BCUT2D eigenvalue weighted by molar-refractivity contribution is -0.0776. The van der Waals surface area contributed by atoms with Gasteiger partial charge in [0.25, 0.3) is 0 Å². The van der Waals surface area contributed by atoms with E-state index in [2.05, 4.69) is 5.43 Å². The number of hydrogen-bond acceptors (Lipinski definition) is 3. The molecular weight excluding hydrogens is 274 g/mol. The molecule has 3 N–H and O–H groups in total. The molecule has 0 aliphatic carbocycles. The lowest BCUT2D eigenvalue weighted by Crippen LogP contribution is -2.48. The number of nitrogens with two attached hydrogens (primary N) is 1. The third kappa shape index (κ3) is 3.78. The summed E-state index contributed by atoms with van der Waals surface area (Å²) in [6.45, 7) is 8.15. The van der Waals surface area contributed by atoms with Crippen molar-refractivity contribution in [2.45, 2.75) is 57.8 Å². The van der Waals surface area contributed by atoms with Crippen molar-refractivity contribution in [2.75, 3.05) is 0 Å². The third-order valence-electron chi connectivity index (χ3n) is 4.22. The molecule has 2 unspecified atom stereocenters. The Bertz CT molecular complexity index is 497. The summed E-state index contributed by atoms with van der Waals surface area (Å²) >= 11 is 0. The first-order chi connectivity index (χ1) is 9.63. The quantitative estimate of drug-likeness (QED) is 0.663. The molecule has 0 bridgehead atoms. The summed E-state index contributed by atoms with van der Waals surface area (Å²) in [4.78, 5) is 0. The molecule has 1 heterocycles. The van der Waals surface area contributed by atoms with Gasteiger partial charge in [-0.1, -0.05) is 0 Å². The fourth-order valence-corrected chi connectivity index (χ4v) is 3.53. The number of nitrogens with one attached hydrogen (secondary N) is 1. The number of rotatable bonds is 4. The van der Waals surface area contributed by atoms with E-state index in [1.165, 1.54) is 12.1 Å². The molecule has 3 nitrogen and oxygen atoms in total. The van der Waals surface area contributed by atoms with E-state index < -0.39 is 11.6 Å². The zero-order chi connectivity index (χ0) is 15.8. The van der Waals surface area contributed by atoms with Crippen molar-refractivity contribution in [3.05, 3.63) is 35.4 Å². The molecule has 1 aliphatic heterocycles. The molecule has 1 aliphatic rings. The Hall–Kier alpha value is -1.04. The fourth-order valence-electron chi connectivity index (χ4n) is 3.53. The Morgan fingerprint density at radius 3 is 2.24 bits per heavy atom. The number of hydrogen-bond donors (Lipinski definition) is 2. The van der Waals surface area contributed by atoms with Crippen LogP contribution in [0.4, 0.5) is 8.78 Å². The Balaban J connectivity index is 2.20. The molecule has 1 fully saturated rings. The van der Waals surface area contributed by atoms with Gasteiger partial charge >= 0.3 is 0 Å². The summed E-state index contributed by atoms with van der Waals surface area (Å²) in [7, 11) is 0. The molecule has 0 aromatic heterocycles. The van der Waals surface area contributed by atoms with Crippen molar-refractivity contribution in [3.8, 4) is 0 Å². The predicted octanol–water partition coefficient (Wildman–Crippen LogP) is 2.93. The fraction of sp³-hybridized carbons (Fsp3) is 0.625. The van der Waals surface area contributed by atoms with E-state index in [1.807, 2.05) is 27.7 Å². The van der Waals surface area contributed by atoms with Gasteiger partial charge in [0.05, 0.1) is 11.2 Å². The van der Waals surface area contributed by atoms with Gasteiger partial charge in [0.1, 0.15) is 11.6 Å². The zero-order valence-electron chi connectivity index (χ0n) is 13.0. The Morgan fingerprint density at radius 2 is 1.81 bits per heavy atom.